The number of hydrogen-bond donors (Lipinski definition) is 2. The number of esters is 2. The molecule has 0 aliphatic carbocycles. The van der Waals surface area contributed by atoms with E-state index in [1.807, 2.05) is 0 Å². The van der Waals surface area contributed by atoms with Gasteiger partial charge in [-0.15, -0.1) is 0 Å². The molecule has 2 N–H and O–H groups in total. The van der Waals surface area contributed by atoms with E-state index in [1.54, 1.807) is 0 Å². The van der Waals surface area contributed by atoms with Gasteiger partial charge in [0.25, 0.3) is 0 Å². The summed E-state index contributed by atoms with van der Waals surface area (Å²) >= 11 is 0. The first-order valence-corrected chi connectivity index (χ1v) is 23.6. The Morgan fingerprint density at radius 1 is 0.191 bits per heavy atom. The average Bonchev–Trinajstić information content (AvgIpc) is 3.34. The standard InChI is InChI=1S/C44H86O24/c45-3-5-49-7-9-51-11-13-53-15-17-55-19-21-57-23-25-59-27-29-61-31-33-63-35-37-65-39-41-67-43(47)1-2-44(48)68-42-40-66-38-36-64-34-32-62-30-28-60-26-24-58-22-20-56-18-16-54-14-12-52-10-8-50-6-4-46/h45-46H,1-42H2. The highest BCUT2D eigenvalue weighted by molar-refractivity contribution is 5.77. The monoisotopic (exact) mass is 999 g/mol. The van der Waals surface area contributed by atoms with Gasteiger partial charge in [0.1, 0.15) is 13.2 Å². The summed E-state index contributed by atoms with van der Waals surface area (Å²) in [7, 11) is 0. The average molecular weight is 999 g/mol. The number of aliphatic hydroxyl groups excluding tert-OH is 2. The van der Waals surface area contributed by atoms with E-state index in [-0.39, 0.29) is 52.5 Å². The fourth-order valence-electron chi connectivity index (χ4n) is 4.63. The zero-order chi connectivity index (χ0) is 49.0. The number of aliphatic hydroxyl groups is 2. The van der Waals surface area contributed by atoms with Crippen molar-refractivity contribution in [3.05, 3.63) is 0 Å². The van der Waals surface area contributed by atoms with Crippen LogP contribution in [0.2, 0.25) is 0 Å². The Morgan fingerprint density at radius 2 is 0.309 bits per heavy atom. The van der Waals surface area contributed by atoms with Crippen molar-refractivity contribution in [3.63, 3.8) is 0 Å². The lowest BCUT2D eigenvalue weighted by Crippen LogP contribution is -2.17. The Morgan fingerprint density at radius 3 is 0.441 bits per heavy atom. The highest BCUT2D eigenvalue weighted by Crippen LogP contribution is 1.97. The third-order valence-corrected chi connectivity index (χ3v) is 7.94. The summed E-state index contributed by atoms with van der Waals surface area (Å²) in [6.45, 7) is 15.5. The second-order valence-electron chi connectivity index (χ2n) is 13.4. The molecule has 0 bridgehead atoms. The second kappa shape index (κ2) is 61.3. The Bertz CT molecular complexity index is 901. The van der Waals surface area contributed by atoms with E-state index in [1.165, 1.54) is 0 Å². The van der Waals surface area contributed by atoms with Crippen molar-refractivity contribution in [1.82, 2.24) is 0 Å². The molecule has 0 unspecified atom stereocenters. The normalized spacial score (nSPS) is 11.5. The fourth-order valence-corrected chi connectivity index (χ4v) is 4.63. The van der Waals surface area contributed by atoms with Crippen LogP contribution in [0.1, 0.15) is 12.8 Å². The van der Waals surface area contributed by atoms with Crippen LogP contribution in [0.5, 0.6) is 0 Å². The van der Waals surface area contributed by atoms with E-state index >= 15 is 0 Å². The van der Waals surface area contributed by atoms with E-state index in [4.69, 9.17) is 105 Å². The molecule has 0 aromatic heterocycles. The van der Waals surface area contributed by atoms with Gasteiger partial charge >= 0.3 is 11.9 Å². The first-order chi connectivity index (χ1) is 33.7. The van der Waals surface area contributed by atoms with Crippen molar-refractivity contribution in [2.45, 2.75) is 12.8 Å². The Hall–Kier alpha value is -1.86. The van der Waals surface area contributed by atoms with Gasteiger partial charge in [-0.2, -0.15) is 0 Å². The molecule has 0 atom stereocenters. The summed E-state index contributed by atoms with van der Waals surface area (Å²) in [6.07, 6.45) is -0.181. The van der Waals surface area contributed by atoms with Crippen molar-refractivity contribution in [2.24, 2.45) is 0 Å². The summed E-state index contributed by atoms with van der Waals surface area (Å²) in [4.78, 5) is 23.8. The minimum absolute atomic E-state index is 0.00997. The van der Waals surface area contributed by atoms with Gasteiger partial charge in [0.05, 0.1) is 264 Å². The summed E-state index contributed by atoms with van der Waals surface area (Å²) < 4.78 is 107. The molecule has 406 valence electrons. The number of rotatable bonds is 61. The lowest BCUT2D eigenvalue weighted by atomic mass is 10.3. The van der Waals surface area contributed by atoms with E-state index in [0.29, 0.717) is 225 Å². The van der Waals surface area contributed by atoms with Crippen LogP contribution in [-0.2, 0) is 104 Å². The smallest absolute Gasteiger partial charge is 0.306 e. The fraction of sp³-hybridized carbons (Fsp3) is 0.955. The van der Waals surface area contributed by atoms with E-state index in [2.05, 4.69) is 0 Å². The molecule has 24 heteroatoms. The summed E-state index contributed by atoms with van der Waals surface area (Å²) in [5, 5.41) is 17.2. The van der Waals surface area contributed by atoms with Gasteiger partial charge in [-0.3, -0.25) is 9.59 Å². The Labute approximate surface area is 403 Å². The van der Waals surface area contributed by atoms with Crippen LogP contribution < -0.4 is 0 Å². The van der Waals surface area contributed by atoms with Crippen molar-refractivity contribution >= 4 is 11.9 Å². The van der Waals surface area contributed by atoms with Crippen molar-refractivity contribution < 1.29 is 115 Å². The number of ether oxygens (including phenoxy) is 20. The van der Waals surface area contributed by atoms with Crippen molar-refractivity contribution in [3.8, 4) is 0 Å². The van der Waals surface area contributed by atoms with Gasteiger partial charge in [0.15, 0.2) is 0 Å². The second-order valence-corrected chi connectivity index (χ2v) is 13.4. The summed E-state index contributed by atoms with van der Waals surface area (Å²) in [5.74, 6) is -1.03. The Balaban J connectivity index is 3.22. The number of carbonyl (C=O) groups is 2. The molecule has 0 aromatic rings. The van der Waals surface area contributed by atoms with E-state index in [0.717, 1.165) is 0 Å². The highest BCUT2D eigenvalue weighted by Gasteiger charge is 2.09. The van der Waals surface area contributed by atoms with Gasteiger partial charge in [-0.25, -0.2) is 0 Å². The van der Waals surface area contributed by atoms with Gasteiger partial charge in [0, 0.05) is 0 Å². The molecule has 24 nitrogen and oxygen atoms in total. The molecule has 0 aromatic carbocycles. The SMILES string of the molecule is O=C(CCC(=O)OCCOCCOCCOCCOCCOCCOCCOCCOCCOCCO)OCCOCCOCCOCCOCCOCCOCCOCCOCCOCCO. The van der Waals surface area contributed by atoms with Gasteiger partial charge in [0.2, 0.25) is 0 Å². The van der Waals surface area contributed by atoms with E-state index < -0.39 is 11.9 Å². The first kappa shape index (κ1) is 66.1. The van der Waals surface area contributed by atoms with Crippen molar-refractivity contribution in [2.75, 3.05) is 264 Å². The predicted octanol–water partition coefficient (Wildman–Crippen LogP) is -0.864. The van der Waals surface area contributed by atoms with Crippen LogP contribution >= 0.6 is 0 Å². The highest BCUT2D eigenvalue weighted by atomic mass is 16.6. The van der Waals surface area contributed by atoms with E-state index in [9.17, 15) is 9.59 Å². The largest absolute Gasteiger partial charge is 0.463 e. The van der Waals surface area contributed by atoms with Crippen molar-refractivity contribution in [1.29, 1.82) is 0 Å². The topological polar surface area (TPSA) is 259 Å². The van der Waals surface area contributed by atoms with Gasteiger partial charge in [-0.05, 0) is 0 Å². The summed E-state index contributed by atoms with van der Waals surface area (Å²) in [5.41, 5.74) is 0. The molecular weight excluding hydrogens is 912 g/mol. The molecular formula is C44H86O24. The number of hydrogen-bond acceptors (Lipinski definition) is 24. The minimum Gasteiger partial charge on any atom is -0.463 e. The van der Waals surface area contributed by atoms with Crippen LogP contribution in [0.4, 0.5) is 0 Å². The molecule has 0 rings (SSSR count). The maximum atomic E-state index is 11.9. The molecule has 0 heterocycles. The molecule has 0 radical (unpaired) electrons. The predicted molar refractivity (Wildman–Crippen MR) is 240 cm³/mol. The zero-order valence-corrected chi connectivity index (χ0v) is 40.6. The minimum atomic E-state index is -0.513. The van der Waals surface area contributed by atoms with Crippen LogP contribution in [0.25, 0.3) is 0 Å². The van der Waals surface area contributed by atoms with Gasteiger partial charge < -0.3 is 105 Å². The van der Waals surface area contributed by atoms with Crippen LogP contribution in [-0.4, -0.2) is 286 Å². The molecule has 68 heavy (non-hydrogen) atoms. The summed E-state index contributed by atoms with van der Waals surface area (Å²) in [6, 6.07) is 0. The van der Waals surface area contributed by atoms with Crippen LogP contribution in [0.15, 0.2) is 0 Å². The van der Waals surface area contributed by atoms with Gasteiger partial charge in [-0.1, -0.05) is 0 Å². The lowest BCUT2D eigenvalue weighted by Gasteiger charge is -2.09. The third kappa shape index (κ3) is 60.3. The molecule has 0 fully saturated rings. The first-order valence-electron chi connectivity index (χ1n) is 23.6. The maximum absolute atomic E-state index is 11.9. The molecule has 0 spiro atoms. The molecule has 0 amide bonds. The molecule has 0 saturated heterocycles. The molecule has 0 aliphatic rings. The lowest BCUT2D eigenvalue weighted by molar-refractivity contribution is -0.152. The zero-order valence-electron chi connectivity index (χ0n) is 40.6. The van der Waals surface area contributed by atoms with Crippen LogP contribution in [0.3, 0.4) is 0 Å². The Kier molecular flexibility index (Phi) is 59.6. The molecule has 0 saturated carbocycles. The number of carbonyl (C=O) groups excluding carboxylic acids is 2. The maximum Gasteiger partial charge on any atom is 0.306 e. The van der Waals surface area contributed by atoms with Crippen LogP contribution in [0, 0.1) is 0 Å². The molecule has 0 aliphatic heterocycles. The quantitative estimate of drug-likeness (QED) is 0.0555. The third-order valence-electron chi connectivity index (χ3n) is 7.94.